The summed E-state index contributed by atoms with van der Waals surface area (Å²) in [5, 5.41) is 3.48. The van der Waals surface area contributed by atoms with Crippen LogP contribution in [-0.2, 0) is 4.79 Å². The van der Waals surface area contributed by atoms with Crippen LogP contribution < -0.4 is 5.32 Å². The van der Waals surface area contributed by atoms with Crippen molar-refractivity contribution in [3.63, 3.8) is 0 Å². The number of amides is 1. The second kappa shape index (κ2) is 4.97. The van der Waals surface area contributed by atoms with Gasteiger partial charge in [-0.05, 0) is 48.9 Å². The zero-order chi connectivity index (χ0) is 15.4. The van der Waals surface area contributed by atoms with E-state index in [2.05, 4.69) is 44.8 Å². The fourth-order valence-corrected chi connectivity index (χ4v) is 5.77. The summed E-state index contributed by atoms with van der Waals surface area (Å²) < 4.78 is 0. The van der Waals surface area contributed by atoms with Gasteiger partial charge in [0.05, 0.1) is 6.04 Å². The van der Waals surface area contributed by atoms with Crippen molar-refractivity contribution >= 4 is 5.91 Å². The average Bonchev–Trinajstić information content (AvgIpc) is 2.84. The van der Waals surface area contributed by atoms with Crippen molar-refractivity contribution in [3.05, 3.63) is 0 Å². The van der Waals surface area contributed by atoms with Crippen LogP contribution in [0.3, 0.4) is 0 Å². The Labute approximate surface area is 129 Å². The highest BCUT2D eigenvalue weighted by Gasteiger charge is 2.62. The van der Waals surface area contributed by atoms with Gasteiger partial charge in [0, 0.05) is 18.6 Å². The fourth-order valence-electron chi connectivity index (χ4n) is 5.77. The highest BCUT2D eigenvalue weighted by molar-refractivity contribution is 5.83. The molecule has 3 aliphatic rings. The summed E-state index contributed by atoms with van der Waals surface area (Å²) in [7, 11) is 0. The van der Waals surface area contributed by atoms with Crippen LogP contribution in [0.25, 0.3) is 0 Å². The van der Waals surface area contributed by atoms with Crippen molar-refractivity contribution in [3.8, 4) is 0 Å². The molecule has 3 rings (SSSR count). The fraction of sp³-hybridized carbons (Fsp3) is 0.944. The van der Waals surface area contributed by atoms with E-state index in [-0.39, 0.29) is 11.5 Å². The van der Waals surface area contributed by atoms with E-state index < -0.39 is 0 Å². The van der Waals surface area contributed by atoms with Crippen LogP contribution in [0.2, 0.25) is 0 Å². The molecule has 120 valence electrons. The van der Waals surface area contributed by atoms with Crippen LogP contribution >= 0.6 is 0 Å². The Morgan fingerprint density at radius 3 is 2.52 bits per heavy atom. The first-order chi connectivity index (χ1) is 9.75. The quantitative estimate of drug-likeness (QED) is 0.866. The molecule has 1 heterocycles. The minimum absolute atomic E-state index is 0.0391. The number of likely N-dealkylation sites (tertiary alicyclic amines) is 1. The third-order valence-corrected chi connectivity index (χ3v) is 6.51. The standard InChI is InChI=1S/C18H32N2O/c1-12(2)19-14-7-6-10-20(15(14)21)16-17(3,4)13-8-9-18(16,5)11-13/h12-14,16,19H,6-11H2,1-5H3. The number of carbonyl (C=O) groups is 1. The molecule has 3 nitrogen and oxygen atoms in total. The topological polar surface area (TPSA) is 32.3 Å². The molecule has 2 aliphatic carbocycles. The molecule has 0 aromatic carbocycles. The van der Waals surface area contributed by atoms with Crippen LogP contribution in [0.5, 0.6) is 0 Å². The SMILES string of the molecule is CC(C)NC1CCCN(C2C3(C)CCC(C3)C2(C)C)C1=O. The van der Waals surface area contributed by atoms with Crippen molar-refractivity contribution < 1.29 is 4.79 Å². The predicted octanol–water partition coefficient (Wildman–Crippen LogP) is 3.19. The Morgan fingerprint density at radius 2 is 1.95 bits per heavy atom. The minimum Gasteiger partial charge on any atom is -0.337 e. The number of nitrogens with one attached hydrogen (secondary N) is 1. The molecule has 1 amide bonds. The Morgan fingerprint density at radius 1 is 1.24 bits per heavy atom. The van der Waals surface area contributed by atoms with Crippen LogP contribution in [-0.4, -0.2) is 35.5 Å². The Kier molecular flexibility index (Phi) is 3.63. The van der Waals surface area contributed by atoms with E-state index in [1.165, 1.54) is 19.3 Å². The molecule has 0 radical (unpaired) electrons. The number of rotatable bonds is 3. The van der Waals surface area contributed by atoms with Gasteiger partial charge in [0.15, 0.2) is 0 Å². The molecule has 3 heteroatoms. The van der Waals surface area contributed by atoms with Gasteiger partial charge in [-0.2, -0.15) is 0 Å². The van der Waals surface area contributed by atoms with Crippen LogP contribution in [0.15, 0.2) is 0 Å². The molecule has 1 saturated heterocycles. The summed E-state index contributed by atoms with van der Waals surface area (Å²) in [5.41, 5.74) is 0.631. The molecule has 4 atom stereocenters. The lowest BCUT2D eigenvalue weighted by Gasteiger charge is -2.51. The molecule has 2 bridgehead atoms. The van der Waals surface area contributed by atoms with Crippen LogP contribution in [0.4, 0.5) is 0 Å². The first-order valence-corrected chi connectivity index (χ1v) is 8.82. The van der Waals surface area contributed by atoms with Crippen LogP contribution in [0, 0.1) is 16.7 Å². The number of carbonyl (C=O) groups excluding carboxylic acids is 1. The third-order valence-electron chi connectivity index (χ3n) is 6.51. The Hall–Kier alpha value is -0.570. The Bertz CT molecular complexity index is 426. The number of piperidine rings is 1. The molecule has 0 spiro atoms. The van der Waals surface area contributed by atoms with E-state index in [9.17, 15) is 4.79 Å². The lowest BCUT2D eigenvalue weighted by Crippen LogP contribution is -2.61. The lowest BCUT2D eigenvalue weighted by molar-refractivity contribution is -0.146. The first kappa shape index (κ1) is 15.3. The van der Waals surface area contributed by atoms with Gasteiger partial charge in [0.1, 0.15) is 0 Å². The van der Waals surface area contributed by atoms with Gasteiger partial charge in [0.25, 0.3) is 0 Å². The van der Waals surface area contributed by atoms with Gasteiger partial charge in [-0.1, -0.05) is 34.6 Å². The van der Waals surface area contributed by atoms with Gasteiger partial charge >= 0.3 is 0 Å². The van der Waals surface area contributed by atoms with Gasteiger partial charge < -0.3 is 10.2 Å². The van der Waals surface area contributed by atoms with Gasteiger partial charge in [-0.25, -0.2) is 0 Å². The highest BCUT2D eigenvalue weighted by Crippen LogP contribution is 2.64. The van der Waals surface area contributed by atoms with Gasteiger partial charge in [-0.15, -0.1) is 0 Å². The molecular weight excluding hydrogens is 260 g/mol. The van der Waals surface area contributed by atoms with Gasteiger partial charge in [0.2, 0.25) is 5.91 Å². The summed E-state index contributed by atoms with van der Waals surface area (Å²) in [6, 6.07) is 0.854. The maximum absolute atomic E-state index is 13.0. The largest absolute Gasteiger partial charge is 0.337 e. The second-order valence-electron chi connectivity index (χ2n) is 8.87. The molecule has 21 heavy (non-hydrogen) atoms. The smallest absolute Gasteiger partial charge is 0.240 e. The van der Waals surface area contributed by atoms with E-state index in [1.54, 1.807) is 0 Å². The summed E-state index contributed by atoms with van der Waals surface area (Å²) in [6.45, 7) is 12.5. The average molecular weight is 292 g/mol. The van der Waals surface area contributed by atoms with E-state index >= 15 is 0 Å². The van der Waals surface area contributed by atoms with Crippen molar-refractivity contribution in [1.82, 2.24) is 10.2 Å². The number of hydrogen-bond acceptors (Lipinski definition) is 2. The monoisotopic (exact) mass is 292 g/mol. The molecule has 2 saturated carbocycles. The molecule has 4 unspecified atom stereocenters. The summed E-state index contributed by atoms with van der Waals surface area (Å²) >= 11 is 0. The van der Waals surface area contributed by atoms with Crippen molar-refractivity contribution in [2.24, 2.45) is 16.7 Å². The highest BCUT2D eigenvalue weighted by atomic mass is 16.2. The maximum Gasteiger partial charge on any atom is 0.240 e. The molecule has 1 aliphatic heterocycles. The number of fused-ring (bicyclic) bond motifs is 2. The lowest BCUT2D eigenvalue weighted by atomic mass is 9.67. The molecule has 1 N–H and O–H groups in total. The number of hydrogen-bond donors (Lipinski definition) is 1. The maximum atomic E-state index is 13.0. The summed E-state index contributed by atoms with van der Waals surface area (Å²) in [5.74, 6) is 1.17. The number of nitrogens with zero attached hydrogens (tertiary/aromatic N) is 1. The van der Waals surface area contributed by atoms with Crippen molar-refractivity contribution in [2.45, 2.75) is 84.8 Å². The third kappa shape index (κ3) is 2.32. The summed E-state index contributed by atoms with van der Waals surface area (Å²) in [6.07, 6.45) is 6.12. The predicted molar refractivity (Wildman–Crippen MR) is 86.0 cm³/mol. The second-order valence-corrected chi connectivity index (χ2v) is 8.87. The molecule has 0 aromatic heterocycles. The van der Waals surface area contributed by atoms with E-state index in [0.717, 1.165) is 25.3 Å². The van der Waals surface area contributed by atoms with Crippen molar-refractivity contribution in [1.29, 1.82) is 0 Å². The van der Waals surface area contributed by atoms with Crippen molar-refractivity contribution in [2.75, 3.05) is 6.54 Å². The minimum atomic E-state index is 0.0391. The normalized spacial score (nSPS) is 42.1. The summed E-state index contributed by atoms with van der Waals surface area (Å²) in [4.78, 5) is 15.3. The van der Waals surface area contributed by atoms with Gasteiger partial charge in [-0.3, -0.25) is 4.79 Å². The molecule has 3 fully saturated rings. The molecule has 0 aromatic rings. The van der Waals surface area contributed by atoms with Crippen LogP contribution in [0.1, 0.15) is 66.7 Å². The molecular formula is C18H32N2O. The van der Waals surface area contributed by atoms with E-state index in [1.807, 2.05) is 0 Å². The zero-order valence-electron chi connectivity index (χ0n) is 14.4. The van der Waals surface area contributed by atoms with E-state index in [4.69, 9.17) is 0 Å². The van der Waals surface area contributed by atoms with E-state index in [0.29, 0.717) is 23.4 Å². The Balaban J connectivity index is 1.84. The zero-order valence-corrected chi connectivity index (χ0v) is 14.4. The first-order valence-electron chi connectivity index (χ1n) is 8.82.